The molecule has 4 rings (SSSR count). The smallest absolute Gasteiger partial charge is 0.263 e. The molecule has 2 aromatic heterocycles. The zero-order valence-corrected chi connectivity index (χ0v) is 16.0. The van der Waals surface area contributed by atoms with Crippen LogP contribution in [0.5, 0.6) is 0 Å². The minimum atomic E-state index is 0.0614. The van der Waals surface area contributed by atoms with Crippen LogP contribution in [0.25, 0.3) is 0 Å². The maximum absolute atomic E-state index is 12.6. The SMILES string of the molecule is O=C1CN(Cc2cn(C[C@H]3CCCN(C(=O)c4cccs4)C3)nn2)CCN1. The van der Waals surface area contributed by atoms with Gasteiger partial charge in [0.1, 0.15) is 0 Å². The molecule has 2 aliphatic rings. The van der Waals surface area contributed by atoms with Crippen molar-refractivity contribution in [3.8, 4) is 0 Å². The van der Waals surface area contributed by atoms with E-state index in [0.717, 1.165) is 49.6 Å². The van der Waals surface area contributed by atoms with E-state index in [0.29, 0.717) is 25.6 Å². The summed E-state index contributed by atoms with van der Waals surface area (Å²) in [5, 5.41) is 13.3. The van der Waals surface area contributed by atoms with Gasteiger partial charge in [0.25, 0.3) is 5.91 Å². The first-order chi connectivity index (χ1) is 13.2. The van der Waals surface area contributed by atoms with Crippen LogP contribution in [0.3, 0.4) is 0 Å². The predicted octanol–water partition coefficient (Wildman–Crippen LogP) is 0.824. The number of nitrogens with zero attached hydrogens (tertiary/aromatic N) is 5. The quantitative estimate of drug-likeness (QED) is 0.820. The maximum Gasteiger partial charge on any atom is 0.263 e. The summed E-state index contributed by atoms with van der Waals surface area (Å²) in [5.41, 5.74) is 0.882. The van der Waals surface area contributed by atoms with Crippen molar-refractivity contribution in [2.45, 2.75) is 25.9 Å². The van der Waals surface area contributed by atoms with E-state index in [9.17, 15) is 9.59 Å². The third kappa shape index (κ3) is 4.54. The van der Waals surface area contributed by atoms with Crippen LogP contribution in [0.2, 0.25) is 0 Å². The molecule has 0 aromatic carbocycles. The third-order valence-corrected chi connectivity index (χ3v) is 5.93. The second kappa shape index (κ2) is 8.18. The monoisotopic (exact) mass is 388 g/mol. The molecule has 1 N–H and O–H groups in total. The molecule has 2 saturated heterocycles. The lowest BCUT2D eigenvalue weighted by Gasteiger charge is -2.32. The summed E-state index contributed by atoms with van der Waals surface area (Å²) in [4.78, 5) is 28.9. The Balaban J connectivity index is 1.32. The summed E-state index contributed by atoms with van der Waals surface area (Å²) in [6.45, 7) is 4.92. The lowest BCUT2D eigenvalue weighted by molar-refractivity contribution is -0.124. The molecule has 0 bridgehead atoms. The molecule has 0 radical (unpaired) electrons. The number of hydrogen-bond acceptors (Lipinski definition) is 6. The van der Waals surface area contributed by atoms with Gasteiger partial charge in [-0.2, -0.15) is 0 Å². The fourth-order valence-corrected chi connectivity index (χ4v) is 4.47. The van der Waals surface area contributed by atoms with Gasteiger partial charge in [-0.1, -0.05) is 11.3 Å². The van der Waals surface area contributed by atoms with Gasteiger partial charge in [-0.05, 0) is 30.2 Å². The summed E-state index contributed by atoms with van der Waals surface area (Å²) in [5.74, 6) is 0.585. The van der Waals surface area contributed by atoms with E-state index >= 15 is 0 Å². The first kappa shape index (κ1) is 18.1. The standard InChI is InChI=1S/C18H24N6O2S/c25-17-13-22(7-5-19-17)11-15-12-24(21-20-15)10-14-3-1-6-23(9-14)18(26)16-4-2-8-27-16/h2,4,8,12,14H,1,3,5-7,9-11,13H2,(H,19,25)/t14-/m0/s1. The van der Waals surface area contributed by atoms with Gasteiger partial charge in [0, 0.05) is 45.5 Å². The molecule has 2 fully saturated rings. The molecule has 27 heavy (non-hydrogen) atoms. The number of carbonyl (C=O) groups excluding carboxylic acids is 2. The highest BCUT2D eigenvalue weighted by Gasteiger charge is 2.25. The number of likely N-dealkylation sites (tertiary alicyclic amines) is 1. The van der Waals surface area contributed by atoms with Crippen molar-refractivity contribution in [3.63, 3.8) is 0 Å². The van der Waals surface area contributed by atoms with Crippen molar-refractivity contribution in [2.75, 3.05) is 32.7 Å². The van der Waals surface area contributed by atoms with Crippen LogP contribution in [0, 0.1) is 5.92 Å². The van der Waals surface area contributed by atoms with Gasteiger partial charge in [0.05, 0.1) is 17.1 Å². The first-order valence-corrected chi connectivity index (χ1v) is 10.3. The number of rotatable bonds is 5. The molecule has 2 amide bonds. The van der Waals surface area contributed by atoms with Gasteiger partial charge in [-0.3, -0.25) is 19.2 Å². The summed E-state index contributed by atoms with van der Waals surface area (Å²) in [7, 11) is 0. The minimum Gasteiger partial charge on any atom is -0.354 e. The predicted molar refractivity (Wildman–Crippen MR) is 101 cm³/mol. The molecule has 4 heterocycles. The van der Waals surface area contributed by atoms with Crippen LogP contribution in [0.4, 0.5) is 0 Å². The molecule has 9 heteroatoms. The fraction of sp³-hybridized carbons (Fsp3) is 0.556. The number of piperazine rings is 1. The van der Waals surface area contributed by atoms with Crippen molar-refractivity contribution < 1.29 is 9.59 Å². The van der Waals surface area contributed by atoms with E-state index < -0.39 is 0 Å². The topological polar surface area (TPSA) is 83.4 Å². The largest absolute Gasteiger partial charge is 0.354 e. The van der Waals surface area contributed by atoms with E-state index in [2.05, 4.69) is 20.5 Å². The van der Waals surface area contributed by atoms with Gasteiger partial charge in [0.15, 0.2) is 0 Å². The van der Waals surface area contributed by atoms with Crippen LogP contribution < -0.4 is 5.32 Å². The Hall–Kier alpha value is -2.26. The van der Waals surface area contributed by atoms with E-state index in [1.807, 2.05) is 33.3 Å². The Morgan fingerprint density at radius 1 is 1.37 bits per heavy atom. The van der Waals surface area contributed by atoms with Crippen LogP contribution in [-0.4, -0.2) is 69.3 Å². The molecule has 0 unspecified atom stereocenters. The molecule has 0 aliphatic carbocycles. The highest BCUT2D eigenvalue weighted by molar-refractivity contribution is 7.12. The minimum absolute atomic E-state index is 0.0614. The number of hydrogen-bond donors (Lipinski definition) is 1. The number of nitrogens with one attached hydrogen (secondary N) is 1. The van der Waals surface area contributed by atoms with Crippen molar-refractivity contribution in [3.05, 3.63) is 34.3 Å². The van der Waals surface area contributed by atoms with Crippen LogP contribution in [0.1, 0.15) is 28.2 Å². The van der Waals surface area contributed by atoms with Crippen molar-refractivity contribution >= 4 is 23.2 Å². The molecule has 0 saturated carbocycles. The molecule has 144 valence electrons. The first-order valence-electron chi connectivity index (χ1n) is 9.38. The zero-order chi connectivity index (χ0) is 18.6. The lowest BCUT2D eigenvalue weighted by Crippen LogP contribution is -2.47. The number of thiophene rings is 1. The molecular formula is C18H24N6O2S. The van der Waals surface area contributed by atoms with Crippen LogP contribution in [-0.2, 0) is 17.9 Å². The van der Waals surface area contributed by atoms with E-state index in [4.69, 9.17) is 0 Å². The van der Waals surface area contributed by atoms with Crippen LogP contribution in [0.15, 0.2) is 23.7 Å². The molecule has 8 nitrogen and oxygen atoms in total. The number of aromatic nitrogens is 3. The van der Waals surface area contributed by atoms with Gasteiger partial charge < -0.3 is 10.2 Å². The Morgan fingerprint density at radius 3 is 3.11 bits per heavy atom. The van der Waals surface area contributed by atoms with E-state index in [-0.39, 0.29) is 11.8 Å². The average Bonchev–Trinajstić information content (AvgIpc) is 3.34. The Kier molecular flexibility index (Phi) is 5.49. The van der Waals surface area contributed by atoms with Gasteiger partial charge in [-0.25, -0.2) is 0 Å². The lowest BCUT2D eigenvalue weighted by atomic mass is 9.98. The third-order valence-electron chi connectivity index (χ3n) is 5.07. The Bertz CT molecular complexity index is 790. The van der Waals surface area contributed by atoms with Gasteiger partial charge >= 0.3 is 0 Å². The fourth-order valence-electron chi connectivity index (χ4n) is 3.77. The molecular weight excluding hydrogens is 364 g/mol. The summed E-state index contributed by atoms with van der Waals surface area (Å²) < 4.78 is 1.88. The number of carbonyl (C=O) groups is 2. The highest BCUT2D eigenvalue weighted by atomic mass is 32.1. The Morgan fingerprint density at radius 2 is 2.30 bits per heavy atom. The van der Waals surface area contributed by atoms with Gasteiger partial charge in [-0.15, -0.1) is 16.4 Å². The molecule has 2 aliphatic heterocycles. The van der Waals surface area contributed by atoms with Crippen molar-refractivity contribution in [2.24, 2.45) is 5.92 Å². The molecule has 1 atom stereocenters. The maximum atomic E-state index is 12.6. The second-order valence-electron chi connectivity index (χ2n) is 7.23. The normalized spacial score (nSPS) is 21.3. The summed E-state index contributed by atoms with van der Waals surface area (Å²) in [6.07, 6.45) is 4.08. The highest BCUT2D eigenvalue weighted by Crippen LogP contribution is 2.21. The number of piperidine rings is 1. The van der Waals surface area contributed by atoms with Crippen LogP contribution >= 0.6 is 11.3 Å². The van der Waals surface area contributed by atoms with E-state index in [1.54, 1.807) is 0 Å². The second-order valence-corrected chi connectivity index (χ2v) is 8.18. The zero-order valence-electron chi connectivity index (χ0n) is 15.2. The van der Waals surface area contributed by atoms with Crippen molar-refractivity contribution in [1.82, 2.24) is 30.1 Å². The summed E-state index contributed by atoms with van der Waals surface area (Å²) >= 11 is 1.50. The summed E-state index contributed by atoms with van der Waals surface area (Å²) in [6, 6.07) is 3.81. The average molecular weight is 388 g/mol. The van der Waals surface area contributed by atoms with Gasteiger partial charge in [0.2, 0.25) is 5.91 Å². The Labute approximate surface area is 162 Å². The number of amides is 2. The van der Waals surface area contributed by atoms with Crippen molar-refractivity contribution in [1.29, 1.82) is 0 Å². The molecule has 2 aromatic rings. The molecule has 0 spiro atoms. The van der Waals surface area contributed by atoms with E-state index in [1.165, 1.54) is 11.3 Å².